The molecule has 162 valence electrons. The normalized spacial score (nSPS) is 11.4. The van der Waals surface area contributed by atoms with Gasteiger partial charge in [-0.15, -0.1) is 0 Å². The molecule has 0 aliphatic carbocycles. The highest BCUT2D eigenvalue weighted by Crippen LogP contribution is 2.38. The molecule has 0 atom stereocenters. The summed E-state index contributed by atoms with van der Waals surface area (Å²) in [5, 5.41) is 40.3. The predicted molar refractivity (Wildman–Crippen MR) is 104 cm³/mol. The Morgan fingerprint density at radius 2 is 1.97 bits per heavy atom. The number of carbonyl (C=O) groups excluding carboxylic acids is 1. The highest BCUT2D eigenvalue weighted by Gasteiger charge is 2.26. The molecule has 0 fully saturated rings. The largest absolute Gasteiger partial charge is 0.506 e. The number of methoxy groups -OCH3 is 1. The van der Waals surface area contributed by atoms with Crippen molar-refractivity contribution in [3.8, 4) is 17.6 Å². The fourth-order valence-corrected chi connectivity index (χ4v) is 2.76. The van der Waals surface area contributed by atoms with Crippen molar-refractivity contribution in [3.05, 3.63) is 67.7 Å². The van der Waals surface area contributed by atoms with Crippen molar-refractivity contribution in [1.82, 2.24) is 4.90 Å². The summed E-state index contributed by atoms with van der Waals surface area (Å²) in [5.74, 6) is -5.15. The molecule has 2 rings (SSSR count). The van der Waals surface area contributed by atoms with Crippen LogP contribution >= 0.6 is 11.6 Å². The van der Waals surface area contributed by atoms with Gasteiger partial charge in [0.05, 0.1) is 17.1 Å². The number of nitro benzene ring substituents is 1. The average molecular weight is 454 g/mol. The highest BCUT2D eigenvalue weighted by atomic mass is 35.5. The number of phenols is 1. The van der Waals surface area contributed by atoms with E-state index in [2.05, 4.69) is 0 Å². The molecule has 0 saturated heterocycles. The number of phenolic OH excluding ortho intramolecular Hbond substituents is 1. The third-order valence-corrected chi connectivity index (χ3v) is 4.44. The number of nitriles is 1. The van der Waals surface area contributed by atoms with E-state index in [9.17, 15) is 39.2 Å². The molecule has 0 aromatic heterocycles. The second-order valence-corrected chi connectivity index (χ2v) is 6.56. The van der Waals surface area contributed by atoms with E-state index in [1.165, 1.54) is 13.1 Å². The molecule has 31 heavy (non-hydrogen) atoms. The summed E-state index contributed by atoms with van der Waals surface area (Å²) in [6, 6.07) is 4.73. The number of ether oxygens (including phenoxy) is 1. The number of hydrogen-bond donors (Lipinski definition) is 2. The summed E-state index contributed by atoms with van der Waals surface area (Å²) >= 11 is 5.62. The number of amides is 1. The number of carbonyl (C=O) groups is 1. The molecule has 0 bridgehead atoms. The van der Waals surface area contributed by atoms with Gasteiger partial charge in [-0.3, -0.25) is 14.9 Å². The Balaban J connectivity index is 2.47. The molecule has 12 heteroatoms. The van der Waals surface area contributed by atoms with E-state index in [1.54, 1.807) is 0 Å². The van der Waals surface area contributed by atoms with Crippen molar-refractivity contribution in [3.63, 3.8) is 0 Å². The molecule has 0 heterocycles. The Bertz CT molecular complexity index is 1150. The molecule has 0 radical (unpaired) electrons. The van der Waals surface area contributed by atoms with Gasteiger partial charge in [0.2, 0.25) is 5.75 Å². The zero-order chi connectivity index (χ0) is 23.5. The van der Waals surface area contributed by atoms with Crippen molar-refractivity contribution < 1.29 is 33.4 Å². The molecule has 0 spiro atoms. The zero-order valence-corrected chi connectivity index (χ0v) is 16.8. The van der Waals surface area contributed by atoms with Crippen LogP contribution in [0.15, 0.2) is 29.8 Å². The number of nitrogens with zero attached hydrogens (tertiary/aromatic N) is 3. The highest BCUT2D eigenvalue weighted by molar-refractivity contribution is 6.30. The van der Waals surface area contributed by atoms with Gasteiger partial charge in [-0.05, 0) is 12.1 Å². The quantitative estimate of drug-likeness (QED) is 0.170. The molecule has 0 unspecified atom stereocenters. The van der Waals surface area contributed by atoms with E-state index in [-0.39, 0.29) is 21.9 Å². The van der Waals surface area contributed by atoms with Crippen molar-refractivity contribution >= 4 is 29.0 Å². The number of benzene rings is 2. The van der Waals surface area contributed by atoms with Crippen LogP contribution in [0.2, 0.25) is 5.02 Å². The first-order valence-corrected chi connectivity index (χ1v) is 8.67. The number of rotatable bonds is 6. The third-order valence-electron chi connectivity index (χ3n) is 4.15. The maximum atomic E-state index is 13.9. The lowest BCUT2D eigenvalue weighted by Crippen LogP contribution is -2.28. The SMILES string of the molecule is COc1cc(/C(O)=C(\C#N)C(=O)N(C)Cc2cc(Cl)c(F)cc2F)cc([N+](=O)[O-])c1O. The van der Waals surface area contributed by atoms with Gasteiger partial charge in [-0.2, -0.15) is 5.26 Å². The second-order valence-electron chi connectivity index (χ2n) is 6.16. The van der Waals surface area contributed by atoms with Gasteiger partial charge < -0.3 is 19.8 Å². The Labute approximate surface area is 179 Å². The summed E-state index contributed by atoms with van der Waals surface area (Å²) < 4.78 is 32.0. The van der Waals surface area contributed by atoms with Crippen LogP contribution in [0.5, 0.6) is 11.5 Å². The standard InChI is InChI=1S/C19H14ClF2N3O6/c1-24(8-10-3-12(20)14(22)6-13(10)21)19(28)11(7-23)17(26)9-4-15(25(29)30)18(27)16(5-9)31-2/h3-6,26-27H,8H2,1-2H3/b17-11-. The Hall–Kier alpha value is -3.91. The molecule has 2 aromatic carbocycles. The Kier molecular flexibility index (Phi) is 6.99. The smallest absolute Gasteiger partial charge is 0.315 e. The number of aliphatic hydroxyl groups excluding tert-OH is 1. The van der Waals surface area contributed by atoms with Crippen molar-refractivity contribution in [1.29, 1.82) is 5.26 Å². The van der Waals surface area contributed by atoms with E-state index in [0.717, 1.165) is 30.2 Å². The summed E-state index contributed by atoms with van der Waals surface area (Å²) in [7, 11) is 2.29. The minimum atomic E-state index is -1.06. The van der Waals surface area contributed by atoms with Gasteiger partial charge in [0.1, 0.15) is 23.5 Å². The van der Waals surface area contributed by atoms with E-state index >= 15 is 0 Å². The van der Waals surface area contributed by atoms with Crippen LogP contribution in [-0.2, 0) is 11.3 Å². The maximum absolute atomic E-state index is 13.9. The van der Waals surface area contributed by atoms with Crippen LogP contribution in [-0.4, -0.2) is 40.1 Å². The molecule has 0 aliphatic rings. The number of aliphatic hydroxyl groups is 1. The number of nitro groups is 1. The molecular weight excluding hydrogens is 440 g/mol. The minimum Gasteiger partial charge on any atom is -0.506 e. The fraction of sp³-hybridized carbons (Fsp3) is 0.158. The summed E-state index contributed by atoms with van der Waals surface area (Å²) in [5.41, 5.74) is -2.16. The number of likely N-dealkylation sites (N-methyl/N-ethyl adjacent to an activating group) is 1. The third kappa shape index (κ3) is 4.81. The first-order chi connectivity index (χ1) is 14.5. The van der Waals surface area contributed by atoms with Gasteiger partial charge in [0.15, 0.2) is 11.3 Å². The molecule has 1 amide bonds. The topological polar surface area (TPSA) is 137 Å². The first kappa shape index (κ1) is 23.4. The lowest BCUT2D eigenvalue weighted by atomic mass is 10.1. The Morgan fingerprint density at radius 3 is 2.52 bits per heavy atom. The van der Waals surface area contributed by atoms with Crippen LogP contribution in [0.25, 0.3) is 5.76 Å². The lowest BCUT2D eigenvalue weighted by Gasteiger charge is -2.18. The molecule has 9 nitrogen and oxygen atoms in total. The first-order valence-electron chi connectivity index (χ1n) is 8.29. The van der Waals surface area contributed by atoms with Crippen LogP contribution in [0, 0.1) is 33.1 Å². The van der Waals surface area contributed by atoms with E-state index in [0.29, 0.717) is 6.07 Å². The molecule has 2 aromatic rings. The summed E-state index contributed by atoms with van der Waals surface area (Å²) in [6.07, 6.45) is 0. The van der Waals surface area contributed by atoms with E-state index in [4.69, 9.17) is 16.3 Å². The molecule has 2 N–H and O–H groups in total. The molecule has 0 saturated carbocycles. The maximum Gasteiger partial charge on any atom is 0.315 e. The number of aromatic hydroxyl groups is 1. The number of halogens is 3. The van der Waals surface area contributed by atoms with E-state index in [1.807, 2.05) is 0 Å². The summed E-state index contributed by atoms with van der Waals surface area (Å²) in [4.78, 5) is 23.7. The van der Waals surface area contributed by atoms with Crippen molar-refractivity contribution in [2.75, 3.05) is 14.2 Å². The van der Waals surface area contributed by atoms with Gasteiger partial charge in [0.25, 0.3) is 5.91 Å². The van der Waals surface area contributed by atoms with Gasteiger partial charge in [-0.25, -0.2) is 8.78 Å². The molecule has 0 aliphatic heterocycles. The Morgan fingerprint density at radius 1 is 1.32 bits per heavy atom. The fourth-order valence-electron chi connectivity index (χ4n) is 2.57. The van der Waals surface area contributed by atoms with Crippen LogP contribution in [0.4, 0.5) is 14.5 Å². The second kappa shape index (κ2) is 9.27. The van der Waals surface area contributed by atoms with Gasteiger partial charge in [0, 0.05) is 36.9 Å². The summed E-state index contributed by atoms with van der Waals surface area (Å²) in [6.45, 7) is -0.428. The minimum absolute atomic E-state index is 0.152. The van der Waals surface area contributed by atoms with Gasteiger partial charge in [-0.1, -0.05) is 11.6 Å². The monoisotopic (exact) mass is 453 g/mol. The molecular formula is C19H14ClF2N3O6. The van der Waals surface area contributed by atoms with Crippen LogP contribution < -0.4 is 4.74 Å². The van der Waals surface area contributed by atoms with Crippen LogP contribution in [0.3, 0.4) is 0 Å². The zero-order valence-electron chi connectivity index (χ0n) is 16.0. The van der Waals surface area contributed by atoms with Gasteiger partial charge >= 0.3 is 5.69 Å². The predicted octanol–water partition coefficient (Wildman–Crippen LogP) is 3.69. The van der Waals surface area contributed by atoms with Crippen molar-refractivity contribution in [2.45, 2.75) is 6.54 Å². The average Bonchev–Trinajstić information content (AvgIpc) is 2.72. The lowest BCUT2D eigenvalue weighted by molar-refractivity contribution is -0.386. The van der Waals surface area contributed by atoms with Crippen LogP contribution in [0.1, 0.15) is 11.1 Å². The number of hydrogen-bond acceptors (Lipinski definition) is 7. The van der Waals surface area contributed by atoms with Crippen molar-refractivity contribution in [2.24, 2.45) is 0 Å². The van der Waals surface area contributed by atoms with E-state index < -0.39 is 51.8 Å².